The van der Waals surface area contributed by atoms with Crippen LogP contribution in [-0.4, -0.2) is 12.8 Å². The Hall–Kier alpha value is -1.89. The predicted octanol–water partition coefficient (Wildman–Crippen LogP) is 7.22. The highest BCUT2D eigenvalue weighted by molar-refractivity contribution is 5.57. The first-order valence-electron chi connectivity index (χ1n) is 10.5. The summed E-state index contributed by atoms with van der Waals surface area (Å²) >= 11 is 0. The van der Waals surface area contributed by atoms with Crippen molar-refractivity contribution in [3.8, 4) is 0 Å². The van der Waals surface area contributed by atoms with Crippen LogP contribution in [0.1, 0.15) is 75.3 Å². The molecule has 26 heavy (non-hydrogen) atoms. The molecule has 0 aliphatic carbocycles. The zero-order valence-corrected chi connectivity index (χ0v) is 16.4. The first-order valence-corrected chi connectivity index (χ1v) is 10.5. The summed E-state index contributed by atoms with van der Waals surface area (Å²) in [7, 11) is 0. The SMILES string of the molecule is CCCCCCN=CCCC(CCCc1ccccc1)c1ccccc1. The van der Waals surface area contributed by atoms with E-state index in [2.05, 4.69) is 78.8 Å². The molecule has 1 atom stereocenters. The van der Waals surface area contributed by atoms with Gasteiger partial charge in [-0.2, -0.15) is 0 Å². The lowest BCUT2D eigenvalue weighted by molar-refractivity contribution is 0.564. The van der Waals surface area contributed by atoms with Crippen LogP contribution >= 0.6 is 0 Å². The van der Waals surface area contributed by atoms with Gasteiger partial charge in [-0.25, -0.2) is 0 Å². The van der Waals surface area contributed by atoms with Crippen LogP contribution in [0.25, 0.3) is 0 Å². The maximum atomic E-state index is 4.61. The number of aryl methyl sites for hydroxylation is 1. The summed E-state index contributed by atoms with van der Waals surface area (Å²) in [6.45, 7) is 3.26. The van der Waals surface area contributed by atoms with Crippen LogP contribution in [-0.2, 0) is 6.42 Å². The smallest absolute Gasteiger partial charge is 0.0385 e. The summed E-state index contributed by atoms with van der Waals surface area (Å²) in [6, 6.07) is 21.9. The van der Waals surface area contributed by atoms with Crippen molar-refractivity contribution in [2.45, 2.75) is 70.6 Å². The lowest BCUT2D eigenvalue weighted by atomic mass is 9.89. The molecule has 0 aromatic heterocycles. The molecular weight excluding hydrogens is 314 g/mol. The van der Waals surface area contributed by atoms with Gasteiger partial charge in [0.05, 0.1) is 0 Å². The summed E-state index contributed by atoms with van der Waals surface area (Å²) in [5.41, 5.74) is 2.94. The van der Waals surface area contributed by atoms with Gasteiger partial charge in [0, 0.05) is 6.54 Å². The Morgan fingerprint density at radius 1 is 0.808 bits per heavy atom. The number of nitrogens with zero attached hydrogens (tertiary/aromatic N) is 1. The van der Waals surface area contributed by atoms with Crippen LogP contribution in [0, 0.1) is 0 Å². The Balaban J connectivity index is 1.76. The van der Waals surface area contributed by atoms with Crippen molar-refractivity contribution in [1.82, 2.24) is 0 Å². The Morgan fingerprint density at radius 2 is 1.54 bits per heavy atom. The Labute approximate surface area is 160 Å². The molecule has 0 saturated carbocycles. The van der Waals surface area contributed by atoms with Gasteiger partial charge in [-0.3, -0.25) is 4.99 Å². The van der Waals surface area contributed by atoms with Crippen molar-refractivity contribution in [2.24, 2.45) is 4.99 Å². The highest BCUT2D eigenvalue weighted by atomic mass is 14.7. The number of hydrogen-bond donors (Lipinski definition) is 0. The van der Waals surface area contributed by atoms with E-state index in [9.17, 15) is 0 Å². The van der Waals surface area contributed by atoms with E-state index in [1.165, 1.54) is 62.5 Å². The maximum absolute atomic E-state index is 4.61. The molecule has 0 fully saturated rings. The van der Waals surface area contributed by atoms with Gasteiger partial charge in [0.1, 0.15) is 0 Å². The van der Waals surface area contributed by atoms with E-state index in [0.29, 0.717) is 5.92 Å². The second kappa shape index (κ2) is 13.3. The molecule has 140 valence electrons. The van der Waals surface area contributed by atoms with E-state index in [1.807, 2.05) is 0 Å². The fraction of sp³-hybridized carbons (Fsp3) is 0.480. The third-order valence-electron chi connectivity index (χ3n) is 5.05. The van der Waals surface area contributed by atoms with Crippen LogP contribution in [0.4, 0.5) is 0 Å². The van der Waals surface area contributed by atoms with E-state index in [1.54, 1.807) is 0 Å². The third kappa shape index (κ3) is 8.47. The van der Waals surface area contributed by atoms with Crippen molar-refractivity contribution < 1.29 is 0 Å². The first-order chi connectivity index (χ1) is 12.9. The molecule has 0 spiro atoms. The highest BCUT2D eigenvalue weighted by Gasteiger charge is 2.10. The van der Waals surface area contributed by atoms with E-state index in [0.717, 1.165) is 13.0 Å². The Morgan fingerprint density at radius 3 is 2.27 bits per heavy atom. The van der Waals surface area contributed by atoms with Crippen LogP contribution in [0.5, 0.6) is 0 Å². The summed E-state index contributed by atoms with van der Waals surface area (Å²) < 4.78 is 0. The van der Waals surface area contributed by atoms with Crippen molar-refractivity contribution in [2.75, 3.05) is 6.54 Å². The van der Waals surface area contributed by atoms with Gasteiger partial charge < -0.3 is 0 Å². The third-order valence-corrected chi connectivity index (χ3v) is 5.05. The van der Waals surface area contributed by atoms with E-state index < -0.39 is 0 Å². The second-order valence-electron chi connectivity index (χ2n) is 7.21. The number of aliphatic imine (C=N–C) groups is 1. The summed E-state index contributed by atoms with van der Waals surface area (Å²) in [6.07, 6.45) is 13.3. The molecule has 2 aromatic carbocycles. The normalized spacial score (nSPS) is 12.5. The van der Waals surface area contributed by atoms with Crippen LogP contribution < -0.4 is 0 Å². The van der Waals surface area contributed by atoms with E-state index >= 15 is 0 Å². The molecule has 0 N–H and O–H groups in total. The zero-order valence-electron chi connectivity index (χ0n) is 16.4. The maximum Gasteiger partial charge on any atom is 0.0385 e. The van der Waals surface area contributed by atoms with E-state index in [4.69, 9.17) is 0 Å². The lowest BCUT2D eigenvalue weighted by Gasteiger charge is -2.16. The monoisotopic (exact) mass is 349 g/mol. The lowest BCUT2D eigenvalue weighted by Crippen LogP contribution is -2.01. The second-order valence-corrected chi connectivity index (χ2v) is 7.21. The standard InChI is InChI=1S/C25H35N/c1-2-3-4-11-21-26-22-13-20-25(24-17-9-6-10-18-24)19-12-16-23-14-7-5-8-15-23/h5-10,14-15,17-18,22,25H,2-4,11-13,16,19-21H2,1H3. The molecule has 0 amide bonds. The molecule has 2 rings (SSSR count). The average molecular weight is 350 g/mol. The summed E-state index contributed by atoms with van der Waals surface area (Å²) in [4.78, 5) is 4.61. The van der Waals surface area contributed by atoms with Crippen molar-refractivity contribution in [3.05, 3.63) is 71.8 Å². The molecule has 0 saturated heterocycles. The van der Waals surface area contributed by atoms with E-state index in [-0.39, 0.29) is 0 Å². The average Bonchev–Trinajstić information content (AvgIpc) is 2.70. The largest absolute Gasteiger partial charge is 0.298 e. The summed E-state index contributed by atoms with van der Waals surface area (Å²) in [5, 5.41) is 0. The van der Waals surface area contributed by atoms with Gasteiger partial charge >= 0.3 is 0 Å². The predicted molar refractivity (Wildman–Crippen MR) is 115 cm³/mol. The number of unbranched alkanes of at least 4 members (excludes halogenated alkanes) is 3. The molecule has 1 heteroatoms. The molecule has 0 aliphatic rings. The van der Waals surface area contributed by atoms with Crippen molar-refractivity contribution in [1.29, 1.82) is 0 Å². The minimum absolute atomic E-state index is 0.645. The molecule has 1 unspecified atom stereocenters. The van der Waals surface area contributed by atoms with Gasteiger partial charge in [0.2, 0.25) is 0 Å². The number of hydrogen-bond acceptors (Lipinski definition) is 1. The molecular formula is C25H35N. The van der Waals surface area contributed by atoms with Gasteiger partial charge in [0.15, 0.2) is 0 Å². The topological polar surface area (TPSA) is 12.4 Å². The van der Waals surface area contributed by atoms with Gasteiger partial charge in [-0.1, -0.05) is 86.8 Å². The first kappa shape index (κ1) is 20.4. The molecule has 0 bridgehead atoms. The fourth-order valence-corrected chi connectivity index (χ4v) is 3.49. The van der Waals surface area contributed by atoms with Crippen LogP contribution in [0.3, 0.4) is 0 Å². The quantitative estimate of drug-likeness (QED) is 0.267. The van der Waals surface area contributed by atoms with Gasteiger partial charge in [0.25, 0.3) is 0 Å². The van der Waals surface area contributed by atoms with Crippen LogP contribution in [0.2, 0.25) is 0 Å². The van der Waals surface area contributed by atoms with Crippen molar-refractivity contribution >= 4 is 6.21 Å². The van der Waals surface area contributed by atoms with Gasteiger partial charge in [-0.05, 0) is 61.8 Å². The molecule has 0 radical (unpaired) electrons. The molecule has 2 aromatic rings. The molecule has 0 heterocycles. The summed E-state index contributed by atoms with van der Waals surface area (Å²) in [5.74, 6) is 0.645. The fourth-order valence-electron chi connectivity index (χ4n) is 3.49. The minimum atomic E-state index is 0.645. The Kier molecular flexibility index (Phi) is 10.5. The molecule has 1 nitrogen and oxygen atoms in total. The van der Waals surface area contributed by atoms with Crippen molar-refractivity contribution in [3.63, 3.8) is 0 Å². The number of benzene rings is 2. The highest BCUT2D eigenvalue weighted by Crippen LogP contribution is 2.26. The number of rotatable bonds is 13. The molecule has 0 aliphatic heterocycles. The minimum Gasteiger partial charge on any atom is -0.298 e. The van der Waals surface area contributed by atoms with Crippen LogP contribution in [0.15, 0.2) is 65.7 Å². The zero-order chi connectivity index (χ0) is 18.3. The van der Waals surface area contributed by atoms with Gasteiger partial charge in [-0.15, -0.1) is 0 Å². The Bertz CT molecular complexity index is 588.